The highest BCUT2D eigenvalue weighted by atomic mass is 19.4. The van der Waals surface area contributed by atoms with Crippen LogP contribution in [0.4, 0.5) is 43.9 Å². The van der Waals surface area contributed by atoms with Gasteiger partial charge >= 0.3 is 12.3 Å². The van der Waals surface area contributed by atoms with Crippen molar-refractivity contribution in [1.82, 2.24) is 0 Å². The van der Waals surface area contributed by atoms with Crippen molar-refractivity contribution in [2.24, 2.45) is 0 Å². The summed E-state index contributed by atoms with van der Waals surface area (Å²) in [6, 6.07) is 5.73. The standard InChI is InChI=1S/C31H28F10O/c1-7-29(6,31(40,41)42-19-14-24(35)27(25(36)15-19)30(37,38)39)26-22(33)12-18(13-23(26)34)28(4,5)20-9-8-17(10-16(2)3)11-21(20)32/h8-9,11-15H,2,7,10H2,1,3-6H3. The summed E-state index contributed by atoms with van der Waals surface area (Å²) in [5.41, 5.74) is -6.18. The molecule has 0 saturated carbocycles. The van der Waals surface area contributed by atoms with E-state index in [9.17, 15) is 22.0 Å². The Labute approximate surface area is 236 Å². The Morgan fingerprint density at radius 2 is 1.24 bits per heavy atom. The van der Waals surface area contributed by atoms with Crippen molar-refractivity contribution in [1.29, 1.82) is 0 Å². The Kier molecular flexibility index (Phi) is 8.88. The molecule has 0 aliphatic carbocycles. The van der Waals surface area contributed by atoms with Crippen LogP contribution in [0, 0.1) is 29.1 Å². The number of hydrogen-bond donors (Lipinski definition) is 0. The number of benzene rings is 3. The number of rotatable bonds is 9. The predicted molar refractivity (Wildman–Crippen MR) is 138 cm³/mol. The summed E-state index contributed by atoms with van der Waals surface area (Å²) in [5, 5.41) is 0. The molecular formula is C31H28F10O. The molecule has 228 valence electrons. The lowest BCUT2D eigenvalue weighted by molar-refractivity contribution is -0.228. The summed E-state index contributed by atoms with van der Waals surface area (Å²) >= 11 is 0. The molecule has 0 fully saturated rings. The summed E-state index contributed by atoms with van der Waals surface area (Å²) in [7, 11) is 0. The van der Waals surface area contributed by atoms with E-state index in [0.29, 0.717) is 12.0 Å². The molecule has 1 unspecified atom stereocenters. The van der Waals surface area contributed by atoms with Crippen LogP contribution < -0.4 is 4.74 Å². The maximum absolute atomic E-state index is 15.6. The molecule has 42 heavy (non-hydrogen) atoms. The molecule has 3 rings (SSSR count). The lowest BCUT2D eigenvalue weighted by Crippen LogP contribution is -2.48. The fourth-order valence-corrected chi connectivity index (χ4v) is 4.81. The smallest absolute Gasteiger partial charge is 0.422 e. The van der Waals surface area contributed by atoms with E-state index < -0.39 is 75.5 Å². The lowest BCUT2D eigenvalue weighted by Gasteiger charge is -2.37. The van der Waals surface area contributed by atoms with Crippen LogP contribution >= 0.6 is 0 Å². The number of ether oxygens (including phenoxy) is 1. The normalized spacial score (nSPS) is 14.1. The van der Waals surface area contributed by atoms with E-state index in [-0.39, 0.29) is 23.3 Å². The Morgan fingerprint density at radius 1 is 0.738 bits per heavy atom. The van der Waals surface area contributed by atoms with Crippen LogP contribution in [0.2, 0.25) is 0 Å². The Morgan fingerprint density at radius 3 is 1.67 bits per heavy atom. The Balaban J connectivity index is 2.05. The number of alkyl halides is 5. The van der Waals surface area contributed by atoms with Crippen molar-refractivity contribution in [3.05, 3.63) is 112 Å². The van der Waals surface area contributed by atoms with Gasteiger partial charge in [0.1, 0.15) is 45.8 Å². The first-order chi connectivity index (χ1) is 19.2. The molecule has 3 aromatic rings. The van der Waals surface area contributed by atoms with E-state index in [4.69, 9.17) is 0 Å². The molecule has 0 amide bonds. The molecule has 0 aliphatic rings. The highest BCUT2D eigenvalue weighted by Gasteiger charge is 2.56. The van der Waals surface area contributed by atoms with Gasteiger partial charge in [-0.3, -0.25) is 0 Å². The van der Waals surface area contributed by atoms with Crippen LogP contribution in [0.5, 0.6) is 5.75 Å². The van der Waals surface area contributed by atoms with Gasteiger partial charge in [-0.25, -0.2) is 22.0 Å². The minimum atomic E-state index is -5.45. The number of hydrogen-bond acceptors (Lipinski definition) is 1. The van der Waals surface area contributed by atoms with Gasteiger partial charge in [0.05, 0.1) is 0 Å². The van der Waals surface area contributed by atoms with E-state index in [1.165, 1.54) is 26.0 Å². The van der Waals surface area contributed by atoms with Crippen LogP contribution in [0.1, 0.15) is 68.9 Å². The molecule has 0 spiro atoms. The summed E-state index contributed by atoms with van der Waals surface area (Å²) in [6.07, 6.45) is -10.3. The molecule has 0 N–H and O–H groups in total. The maximum Gasteiger partial charge on any atom is 0.422 e. The zero-order chi connectivity index (χ0) is 32.0. The third-order valence-corrected chi connectivity index (χ3v) is 7.42. The molecule has 1 nitrogen and oxygen atoms in total. The van der Waals surface area contributed by atoms with E-state index >= 15 is 22.0 Å². The van der Waals surface area contributed by atoms with Crippen molar-refractivity contribution >= 4 is 0 Å². The van der Waals surface area contributed by atoms with E-state index in [1.807, 2.05) is 0 Å². The van der Waals surface area contributed by atoms with Gasteiger partial charge in [0.2, 0.25) is 0 Å². The van der Waals surface area contributed by atoms with Gasteiger partial charge in [0.25, 0.3) is 0 Å². The monoisotopic (exact) mass is 606 g/mol. The molecule has 0 aromatic heterocycles. The zero-order valence-corrected chi connectivity index (χ0v) is 23.4. The maximum atomic E-state index is 15.6. The van der Waals surface area contributed by atoms with Crippen LogP contribution in [0.3, 0.4) is 0 Å². The van der Waals surface area contributed by atoms with Gasteiger partial charge in [-0.15, -0.1) is 0 Å². The molecule has 0 bridgehead atoms. The molecule has 0 saturated heterocycles. The summed E-state index contributed by atoms with van der Waals surface area (Å²) in [6.45, 7) is 10.4. The van der Waals surface area contributed by atoms with Crippen LogP contribution in [0.15, 0.2) is 54.6 Å². The first kappa shape index (κ1) is 33.0. The molecule has 0 heterocycles. The fourth-order valence-electron chi connectivity index (χ4n) is 4.81. The van der Waals surface area contributed by atoms with Gasteiger partial charge in [-0.1, -0.05) is 45.1 Å². The highest BCUT2D eigenvalue weighted by molar-refractivity contribution is 5.44. The van der Waals surface area contributed by atoms with Gasteiger partial charge < -0.3 is 4.74 Å². The molecule has 0 aliphatic heterocycles. The van der Waals surface area contributed by atoms with Gasteiger partial charge in [-0.2, -0.15) is 22.0 Å². The van der Waals surface area contributed by atoms with Crippen LogP contribution in [-0.4, -0.2) is 6.11 Å². The van der Waals surface area contributed by atoms with Gasteiger partial charge in [-0.05, 0) is 61.6 Å². The fraction of sp³-hybridized carbons (Fsp3) is 0.355. The number of halogens is 10. The summed E-state index contributed by atoms with van der Waals surface area (Å²) in [4.78, 5) is 0. The lowest BCUT2D eigenvalue weighted by atomic mass is 9.74. The second-order valence-corrected chi connectivity index (χ2v) is 11.0. The molecule has 11 heteroatoms. The van der Waals surface area contributed by atoms with Crippen LogP contribution in [-0.2, 0) is 23.4 Å². The largest absolute Gasteiger partial charge is 0.432 e. The molecular weight excluding hydrogens is 578 g/mol. The van der Waals surface area contributed by atoms with Crippen molar-refractivity contribution in [2.75, 3.05) is 0 Å². The minimum Gasteiger partial charge on any atom is -0.432 e. The third kappa shape index (κ3) is 6.15. The first-order valence-electron chi connectivity index (χ1n) is 12.7. The van der Waals surface area contributed by atoms with Crippen molar-refractivity contribution in [3.63, 3.8) is 0 Å². The minimum absolute atomic E-state index is 0.0811. The highest BCUT2D eigenvalue weighted by Crippen LogP contribution is 2.47. The second-order valence-electron chi connectivity index (χ2n) is 11.0. The molecule has 1 atom stereocenters. The van der Waals surface area contributed by atoms with Crippen molar-refractivity contribution in [2.45, 2.75) is 70.6 Å². The average Bonchev–Trinajstić information content (AvgIpc) is 2.81. The zero-order valence-electron chi connectivity index (χ0n) is 23.4. The topological polar surface area (TPSA) is 9.23 Å². The predicted octanol–water partition coefficient (Wildman–Crippen LogP) is 10.2. The van der Waals surface area contributed by atoms with E-state index in [0.717, 1.165) is 31.6 Å². The Hall–Kier alpha value is -3.50. The third-order valence-electron chi connectivity index (χ3n) is 7.42. The van der Waals surface area contributed by atoms with E-state index in [1.54, 1.807) is 13.0 Å². The molecule has 3 aromatic carbocycles. The summed E-state index contributed by atoms with van der Waals surface area (Å²) in [5.74, 6) is -9.28. The van der Waals surface area contributed by atoms with Crippen molar-refractivity contribution < 1.29 is 48.6 Å². The second kappa shape index (κ2) is 11.3. The first-order valence-corrected chi connectivity index (χ1v) is 12.7. The average molecular weight is 607 g/mol. The quantitative estimate of drug-likeness (QED) is 0.174. The Bertz CT molecular complexity index is 1460. The van der Waals surface area contributed by atoms with E-state index in [2.05, 4.69) is 11.3 Å². The number of allylic oxidation sites excluding steroid dienone is 1. The SMILES string of the molecule is C=C(C)Cc1ccc(C(C)(C)c2cc(F)c(C(C)(CC)C(F)(F)Oc3cc(F)c(C(F)(F)F)c(F)c3)c(F)c2)c(F)c1. The van der Waals surface area contributed by atoms with Crippen molar-refractivity contribution in [3.8, 4) is 5.75 Å². The van der Waals surface area contributed by atoms with Crippen LogP contribution in [0.25, 0.3) is 0 Å². The van der Waals surface area contributed by atoms with Gasteiger partial charge in [0.15, 0.2) is 0 Å². The molecule has 0 radical (unpaired) electrons. The van der Waals surface area contributed by atoms with Gasteiger partial charge in [0, 0.05) is 23.1 Å². The summed E-state index contributed by atoms with van der Waals surface area (Å²) < 4.78 is 148.